The SMILES string of the molecule is CC(C)=CCC[C@H](C)[C@H]1CC[C@H]2[C@@H]3CC=C4C[C@@H](O)CC[C@]4(C)[C@H]3CC[C@]12C. The largest absolute Gasteiger partial charge is 0.393 e. The van der Waals surface area contributed by atoms with Gasteiger partial charge in [-0.15, -0.1) is 0 Å². The molecule has 0 unspecified atom stereocenters. The van der Waals surface area contributed by atoms with Crippen LogP contribution in [-0.2, 0) is 0 Å². The van der Waals surface area contributed by atoms with Crippen molar-refractivity contribution in [3.8, 4) is 0 Å². The van der Waals surface area contributed by atoms with Gasteiger partial charge in [-0.2, -0.15) is 0 Å². The van der Waals surface area contributed by atoms with E-state index in [1.807, 2.05) is 0 Å². The average Bonchev–Trinajstić information content (AvgIpc) is 2.99. The molecule has 3 saturated carbocycles. The van der Waals surface area contributed by atoms with Crippen LogP contribution in [-0.4, -0.2) is 11.2 Å². The maximum Gasteiger partial charge on any atom is 0.0577 e. The lowest BCUT2D eigenvalue weighted by Gasteiger charge is -2.58. The molecule has 3 fully saturated rings. The van der Waals surface area contributed by atoms with Crippen molar-refractivity contribution < 1.29 is 5.11 Å². The fourth-order valence-electron chi connectivity index (χ4n) is 8.45. The Morgan fingerprint density at radius 2 is 1.93 bits per heavy atom. The van der Waals surface area contributed by atoms with Gasteiger partial charge in [-0.3, -0.25) is 0 Å². The van der Waals surface area contributed by atoms with Crippen LogP contribution in [0.15, 0.2) is 23.3 Å². The van der Waals surface area contributed by atoms with Crippen LogP contribution in [0.4, 0.5) is 0 Å². The zero-order valence-corrected chi connectivity index (χ0v) is 19.1. The summed E-state index contributed by atoms with van der Waals surface area (Å²) in [6, 6.07) is 0. The highest BCUT2D eigenvalue weighted by Crippen LogP contribution is 2.67. The third kappa shape index (κ3) is 3.34. The van der Waals surface area contributed by atoms with E-state index < -0.39 is 0 Å². The van der Waals surface area contributed by atoms with Gasteiger partial charge in [0.25, 0.3) is 0 Å². The Labute approximate surface area is 174 Å². The number of hydrogen-bond acceptors (Lipinski definition) is 1. The summed E-state index contributed by atoms with van der Waals surface area (Å²) in [5, 5.41) is 10.2. The molecule has 8 atom stereocenters. The maximum atomic E-state index is 10.2. The number of aliphatic hydroxyl groups excluding tert-OH is 1. The number of fused-ring (bicyclic) bond motifs is 5. The van der Waals surface area contributed by atoms with Crippen LogP contribution in [0.3, 0.4) is 0 Å². The van der Waals surface area contributed by atoms with E-state index in [0.29, 0.717) is 10.8 Å². The normalized spacial score (nSPS) is 46.1. The van der Waals surface area contributed by atoms with Crippen molar-refractivity contribution in [1.82, 2.24) is 0 Å². The molecular weight excluding hydrogens is 340 g/mol. The van der Waals surface area contributed by atoms with E-state index in [1.54, 1.807) is 5.57 Å². The van der Waals surface area contributed by atoms with E-state index in [9.17, 15) is 5.11 Å². The first-order valence-electron chi connectivity index (χ1n) is 12.3. The minimum atomic E-state index is -0.0813. The molecule has 0 aromatic rings. The van der Waals surface area contributed by atoms with Gasteiger partial charge >= 0.3 is 0 Å². The fraction of sp³-hybridized carbons (Fsp3) is 0.852. The van der Waals surface area contributed by atoms with Crippen molar-refractivity contribution >= 4 is 0 Å². The molecule has 1 nitrogen and oxygen atoms in total. The predicted octanol–water partition coefficient (Wildman–Crippen LogP) is 7.31. The van der Waals surface area contributed by atoms with Crippen LogP contribution in [0.5, 0.6) is 0 Å². The van der Waals surface area contributed by atoms with Crippen LogP contribution in [0.25, 0.3) is 0 Å². The summed E-state index contributed by atoms with van der Waals surface area (Å²) in [5.41, 5.74) is 4.04. The topological polar surface area (TPSA) is 20.2 Å². The van der Waals surface area contributed by atoms with E-state index in [0.717, 1.165) is 42.4 Å². The number of rotatable bonds is 4. The molecule has 0 aromatic carbocycles. The van der Waals surface area contributed by atoms with Crippen LogP contribution in [0.1, 0.15) is 98.8 Å². The summed E-state index contributed by atoms with van der Waals surface area (Å²) in [5.74, 6) is 4.49. The smallest absolute Gasteiger partial charge is 0.0577 e. The molecule has 0 bridgehead atoms. The van der Waals surface area contributed by atoms with Crippen molar-refractivity contribution in [3.63, 3.8) is 0 Å². The number of allylic oxidation sites excluding steroid dienone is 3. The molecule has 0 radical (unpaired) electrons. The molecule has 4 aliphatic carbocycles. The molecule has 0 heterocycles. The zero-order chi connectivity index (χ0) is 20.1. The fourth-order valence-corrected chi connectivity index (χ4v) is 8.45. The molecule has 4 rings (SSSR count). The first-order chi connectivity index (χ1) is 13.3. The van der Waals surface area contributed by atoms with Gasteiger partial charge in [0.1, 0.15) is 0 Å². The van der Waals surface area contributed by atoms with Gasteiger partial charge in [-0.25, -0.2) is 0 Å². The van der Waals surface area contributed by atoms with Gasteiger partial charge in [0.05, 0.1) is 6.10 Å². The first kappa shape index (κ1) is 20.7. The highest BCUT2D eigenvalue weighted by molar-refractivity contribution is 5.25. The molecule has 28 heavy (non-hydrogen) atoms. The molecule has 0 spiro atoms. The molecule has 4 aliphatic rings. The second-order valence-electron chi connectivity index (χ2n) is 11.7. The lowest BCUT2D eigenvalue weighted by atomic mass is 9.47. The van der Waals surface area contributed by atoms with E-state index >= 15 is 0 Å². The Balaban J connectivity index is 1.51. The summed E-state index contributed by atoms with van der Waals surface area (Å²) in [4.78, 5) is 0. The summed E-state index contributed by atoms with van der Waals surface area (Å²) in [6.07, 6.45) is 17.9. The van der Waals surface area contributed by atoms with Gasteiger partial charge in [0, 0.05) is 0 Å². The highest BCUT2D eigenvalue weighted by atomic mass is 16.3. The van der Waals surface area contributed by atoms with Crippen molar-refractivity contribution in [2.75, 3.05) is 0 Å². The molecule has 0 amide bonds. The Morgan fingerprint density at radius 1 is 1.14 bits per heavy atom. The standard InChI is InChI=1S/C27H44O/c1-18(2)7-6-8-19(3)23-11-12-24-22-10-9-20-17-21(28)13-15-26(20,4)25(22)14-16-27(23,24)5/h7,9,19,21-25,28H,6,8,10-17H2,1-5H3/t19-,21-,22-,23+,24-,25-,26-,27+/m0/s1. The molecule has 1 heteroatoms. The van der Waals surface area contributed by atoms with Gasteiger partial charge in [0.15, 0.2) is 0 Å². The molecule has 0 saturated heterocycles. The van der Waals surface area contributed by atoms with E-state index in [1.165, 1.54) is 56.9 Å². The van der Waals surface area contributed by atoms with Gasteiger partial charge < -0.3 is 5.11 Å². The number of hydrogen-bond donors (Lipinski definition) is 1. The second-order valence-corrected chi connectivity index (χ2v) is 11.7. The quantitative estimate of drug-likeness (QED) is 0.504. The van der Waals surface area contributed by atoms with E-state index in [2.05, 4.69) is 46.8 Å². The van der Waals surface area contributed by atoms with E-state index in [4.69, 9.17) is 0 Å². The summed E-state index contributed by atoms with van der Waals surface area (Å²) >= 11 is 0. The molecule has 158 valence electrons. The van der Waals surface area contributed by atoms with Gasteiger partial charge in [-0.05, 0) is 118 Å². The lowest BCUT2D eigenvalue weighted by Crippen LogP contribution is -2.50. The van der Waals surface area contributed by atoms with Crippen molar-refractivity contribution in [2.24, 2.45) is 40.4 Å². The van der Waals surface area contributed by atoms with Gasteiger partial charge in [0.2, 0.25) is 0 Å². The zero-order valence-electron chi connectivity index (χ0n) is 19.1. The van der Waals surface area contributed by atoms with Crippen molar-refractivity contribution in [1.29, 1.82) is 0 Å². The average molecular weight is 385 g/mol. The Hall–Kier alpha value is -0.560. The molecule has 0 aliphatic heterocycles. The third-order valence-electron chi connectivity index (χ3n) is 10.0. The summed E-state index contributed by atoms with van der Waals surface area (Å²) < 4.78 is 0. The monoisotopic (exact) mass is 384 g/mol. The van der Waals surface area contributed by atoms with Crippen LogP contribution >= 0.6 is 0 Å². The minimum absolute atomic E-state index is 0.0813. The third-order valence-corrected chi connectivity index (χ3v) is 10.0. The van der Waals surface area contributed by atoms with E-state index in [-0.39, 0.29) is 6.10 Å². The molecular formula is C27H44O. The molecule has 1 N–H and O–H groups in total. The maximum absolute atomic E-state index is 10.2. The minimum Gasteiger partial charge on any atom is -0.393 e. The van der Waals surface area contributed by atoms with Crippen molar-refractivity contribution in [3.05, 3.63) is 23.3 Å². The van der Waals surface area contributed by atoms with Crippen LogP contribution in [0, 0.1) is 40.4 Å². The number of aliphatic hydroxyl groups is 1. The lowest BCUT2D eigenvalue weighted by molar-refractivity contribution is -0.0571. The molecule has 0 aromatic heterocycles. The first-order valence-corrected chi connectivity index (χ1v) is 12.3. The van der Waals surface area contributed by atoms with Crippen LogP contribution < -0.4 is 0 Å². The predicted molar refractivity (Wildman–Crippen MR) is 119 cm³/mol. The Kier molecular flexibility index (Phi) is 5.62. The summed E-state index contributed by atoms with van der Waals surface area (Å²) in [6.45, 7) is 12.2. The van der Waals surface area contributed by atoms with Crippen LogP contribution in [0.2, 0.25) is 0 Å². The van der Waals surface area contributed by atoms with Gasteiger partial charge in [-0.1, -0.05) is 44.1 Å². The highest BCUT2D eigenvalue weighted by Gasteiger charge is 2.58. The second kappa shape index (κ2) is 7.60. The van der Waals surface area contributed by atoms with Crippen molar-refractivity contribution in [2.45, 2.75) is 105 Å². The Bertz CT molecular complexity index is 641. The summed E-state index contributed by atoms with van der Waals surface area (Å²) in [7, 11) is 0. The Morgan fingerprint density at radius 3 is 2.68 bits per heavy atom.